The number of carbonyl (C=O) groups excluding carboxylic acids is 1. The van der Waals surface area contributed by atoms with Crippen LogP contribution >= 0.6 is 0 Å². The van der Waals surface area contributed by atoms with Gasteiger partial charge in [-0.3, -0.25) is 4.79 Å². The third-order valence-corrected chi connectivity index (χ3v) is 4.77. The molecule has 3 aromatic rings. The van der Waals surface area contributed by atoms with Crippen LogP contribution in [0.25, 0.3) is 0 Å². The fourth-order valence-corrected chi connectivity index (χ4v) is 3.12. The van der Waals surface area contributed by atoms with Crippen LogP contribution in [0.3, 0.4) is 0 Å². The lowest BCUT2D eigenvalue weighted by Crippen LogP contribution is -2.26. The SMILES string of the molecule is CCN(Cc1ccccc1)c1ccc(C(=O)NCCc2cccc(OC)c2)cn1. The Balaban J connectivity index is 1.55. The minimum absolute atomic E-state index is 0.113. The number of carbonyl (C=O) groups is 1. The largest absolute Gasteiger partial charge is 0.497 e. The van der Waals surface area contributed by atoms with Gasteiger partial charge in [-0.2, -0.15) is 0 Å². The summed E-state index contributed by atoms with van der Waals surface area (Å²) in [6, 6.07) is 21.9. The summed E-state index contributed by atoms with van der Waals surface area (Å²) in [4.78, 5) is 19.1. The number of aromatic nitrogens is 1. The molecule has 0 bridgehead atoms. The van der Waals surface area contributed by atoms with Gasteiger partial charge in [-0.25, -0.2) is 4.98 Å². The molecule has 1 aromatic heterocycles. The Morgan fingerprint density at radius 3 is 2.52 bits per heavy atom. The van der Waals surface area contributed by atoms with E-state index in [0.29, 0.717) is 12.1 Å². The van der Waals surface area contributed by atoms with Crippen molar-refractivity contribution in [3.8, 4) is 5.75 Å². The molecule has 1 amide bonds. The van der Waals surface area contributed by atoms with Gasteiger partial charge in [0.1, 0.15) is 11.6 Å². The monoisotopic (exact) mass is 389 g/mol. The third-order valence-electron chi connectivity index (χ3n) is 4.77. The van der Waals surface area contributed by atoms with E-state index in [1.54, 1.807) is 13.3 Å². The zero-order valence-electron chi connectivity index (χ0n) is 17.0. The highest BCUT2D eigenvalue weighted by Crippen LogP contribution is 2.15. The zero-order valence-corrected chi connectivity index (χ0v) is 17.0. The molecule has 5 nitrogen and oxygen atoms in total. The van der Waals surface area contributed by atoms with E-state index in [1.807, 2.05) is 54.6 Å². The van der Waals surface area contributed by atoms with Crippen LogP contribution in [0.5, 0.6) is 5.75 Å². The Bertz CT molecular complexity index is 911. The maximum Gasteiger partial charge on any atom is 0.252 e. The quantitative estimate of drug-likeness (QED) is 0.599. The number of hydrogen-bond donors (Lipinski definition) is 1. The van der Waals surface area contributed by atoms with Gasteiger partial charge < -0.3 is 15.0 Å². The van der Waals surface area contributed by atoms with Gasteiger partial charge in [-0.15, -0.1) is 0 Å². The Kier molecular flexibility index (Phi) is 7.22. The van der Waals surface area contributed by atoms with E-state index in [2.05, 4.69) is 34.3 Å². The molecule has 0 aliphatic carbocycles. The Hall–Kier alpha value is -3.34. The molecule has 0 atom stereocenters. The predicted molar refractivity (Wildman–Crippen MR) is 116 cm³/mol. The minimum Gasteiger partial charge on any atom is -0.497 e. The Labute approximate surface area is 172 Å². The number of rotatable bonds is 9. The highest BCUT2D eigenvalue weighted by atomic mass is 16.5. The topological polar surface area (TPSA) is 54.5 Å². The first-order chi connectivity index (χ1) is 14.2. The van der Waals surface area contributed by atoms with Gasteiger partial charge in [-0.05, 0) is 48.7 Å². The Morgan fingerprint density at radius 1 is 1.03 bits per heavy atom. The molecule has 0 unspecified atom stereocenters. The normalized spacial score (nSPS) is 10.4. The standard InChI is InChI=1S/C24H27N3O2/c1-3-27(18-20-8-5-4-6-9-20)23-13-12-21(17-26-23)24(28)25-15-14-19-10-7-11-22(16-19)29-2/h4-13,16-17H,3,14-15,18H2,1-2H3,(H,25,28). The van der Waals surface area contributed by atoms with Crippen LogP contribution in [0.1, 0.15) is 28.4 Å². The summed E-state index contributed by atoms with van der Waals surface area (Å²) in [5.41, 5.74) is 2.92. The fourth-order valence-electron chi connectivity index (χ4n) is 3.12. The zero-order chi connectivity index (χ0) is 20.5. The molecular formula is C24H27N3O2. The molecule has 2 aromatic carbocycles. The smallest absolute Gasteiger partial charge is 0.252 e. The van der Waals surface area contributed by atoms with E-state index in [-0.39, 0.29) is 5.91 Å². The fraction of sp³-hybridized carbons (Fsp3) is 0.250. The molecule has 3 rings (SSSR count). The summed E-state index contributed by atoms with van der Waals surface area (Å²) in [6.45, 7) is 4.29. The van der Waals surface area contributed by atoms with E-state index in [0.717, 1.165) is 36.6 Å². The molecule has 0 spiro atoms. The molecule has 0 aliphatic heterocycles. The van der Waals surface area contributed by atoms with Gasteiger partial charge >= 0.3 is 0 Å². The average molecular weight is 389 g/mol. The lowest BCUT2D eigenvalue weighted by molar-refractivity contribution is 0.0954. The van der Waals surface area contributed by atoms with Crippen molar-refractivity contribution in [2.45, 2.75) is 19.9 Å². The van der Waals surface area contributed by atoms with Gasteiger partial charge in [-0.1, -0.05) is 42.5 Å². The number of methoxy groups -OCH3 is 1. The van der Waals surface area contributed by atoms with Crippen molar-refractivity contribution in [2.75, 3.05) is 25.1 Å². The molecule has 29 heavy (non-hydrogen) atoms. The molecule has 150 valence electrons. The van der Waals surface area contributed by atoms with E-state index in [4.69, 9.17) is 4.74 Å². The molecule has 0 aliphatic rings. The lowest BCUT2D eigenvalue weighted by atomic mass is 10.1. The Morgan fingerprint density at radius 2 is 1.83 bits per heavy atom. The summed E-state index contributed by atoms with van der Waals surface area (Å²) >= 11 is 0. The van der Waals surface area contributed by atoms with Crippen LogP contribution in [0.4, 0.5) is 5.82 Å². The number of hydrogen-bond acceptors (Lipinski definition) is 4. The number of nitrogens with one attached hydrogen (secondary N) is 1. The summed E-state index contributed by atoms with van der Waals surface area (Å²) in [5, 5.41) is 2.95. The third kappa shape index (κ3) is 5.82. The molecule has 5 heteroatoms. The summed E-state index contributed by atoms with van der Waals surface area (Å²) in [5.74, 6) is 1.58. The van der Waals surface area contributed by atoms with Crippen LogP contribution < -0.4 is 15.0 Å². The van der Waals surface area contributed by atoms with Crippen LogP contribution in [-0.2, 0) is 13.0 Å². The van der Waals surface area contributed by atoms with Gasteiger partial charge in [0.25, 0.3) is 5.91 Å². The second-order valence-electron chi connectivity index (χ2n) is 6.76. The van der Waals surface area contributed by atoms with Crippen molar-refractivity contribution in [3.05, 3.63) is 89.6 Å². The summed E-state index contributed by atoms with van der Waals surface area (Å²) < 4.78 is 5.23. The maximum absolute atomic E-state index is 12.4. The highest BCUT2D eigenvalue weighted by Gasteiger charge is 2.10. The summed E-state index contributed by atoms with van der Waals surface area (Å²) in [6.07, 6.45) is 2.39. The van der Waals surface area contributed by atoms with Crippen molar-refractivity contribution < 1.29 is 9.53 Å². The second kappa shape index (κ2) is 10.3. The molecule has 0 saturated heterocycles. The van der Waals surface area contributed by atoms with Crippen LogP contribution in [0, 0.1) is 0 Å². The molecular weight excluding hydrogens is 362 g/mol. The van der Waals surface area contributed by atoms with Crippen LogP contribution in [-0.4, -0.2) is 31.1 Å². The number of pyridine rings is 1. The van der Waals surface area contributed by atoms with Crippen molar-refractivity contribution >= 4 is 11.7 Å². The van der Waals surface area contributed by atoms with E-state index < -0.39 is 0 Å². The van der Waals surface area contributed by atoms with E-state index >= 15 is 0 Å². The molecule has 0 fully saturated rings. The van der Waals surface area contributed by atoms with Crippen molar-refractivity contribution in [3.63, 3.8) is 0 Å². The van der Waals surface area contributed by atoms with Gasteiger partial charge in [0.2, 0.25) is 0 Å². The van der Waals surface area contributed by atoms with Gasteiger partial charge in [0.15, 0.2) is 0 Å². The maximum atomic E-state index is 12.4. The molecule has 1 heterocycles. The van der Waals surface area contributed by atoms with Crippen molar-refractivity contribution in [1.29, 1.82) is 0 Å². The van der Waals surface area contributed by atoms with Crippen molar-refractivity contribution in [1.82, 2.24) is 10.3 Å². The first-order valence-electron chi connectivity index (χ1n) is 9.85. The van der Waals surface area contributed by atoms with Gasteiger partial charge in [0.05, 0.1) is 12.7 Å². The van der Waals surface area contributed by atoms with E-state index in [1.165, 1.54) is 5.56 Å². The number of nitrogens with zero attached hydrogens (tertiary/aromatic N) is 2. The predicted octanol–water partition coefficient (Wildman–Crippen LogP) is 4.09. The minimum atomic E-state index is -0.113. The van der Waals surface area contributed by atoms with E-state index in [9.17, 15) is 4.79 Å². The van der Waals surface area contributed by atoms with Gasteiger partial charge in [0, 0.05) is 25.8 Å². The van der Waals surface area contributed by atoms with Crippen LogP contribution in [0.15, 0.2) is 72.9 Å². The number of benzene rings is 2. The first kappa shape index (κ1) is 20.4. The molecule has 1 N–H and O–H groups in total. The first-order valence-corrected chi connectivity index (χ1v) is 9.85. The lowest BCUT2D eigenvalue weighted by Gasteiger charge is -2.22. The number of ether oxygens (including phenoxy) is 1. The van der Waals surface area contributed by atoms with Crippen LogP contribution in [0.2, 0.25) is 0 Å². The van der Waals surface area contributed by atoms with Crippen molar-refractivity contribution in [2.24, 2.45) is 0 Å². The molecule has 0 radical (unpaired) electrons. The average Bonchev–Trinajstić information content (AvgIpc) is 2.78. The number of anilines is 1. The number of amides is 1. The summed E-state index contributed by atoms with van der Waals surface area (Å²) in [7, 11) is 1.65. The molecule has 0 saturated carbocycles. The second-order valence-corrected chi connectivity index (χ2v) is 6.76. The highest BCUT2D eigenvalue weighted by molar-refractivity contribution is 5.94.